The smallest absolute Gasteiger partial charge is 0.266 e. The predicted octanol–water partition coefficient (Wildman–Crippen LogP) is 5.90. The fraction of sp³-hybridized carbons (Fsp3) is 0.192. The summed E-state index contributed by atoms with van der Waals surface area (Å²) in [6, 6.07) is 14.9. The standard InChI is InChI=1S/C26H23FN4O2S/c1-16-13-22(30-25(32)18-5-4-6-19(27)14-18)34-23(16)26(33)29-20-10-8-17(9-11-20)24-28-15-21-7-2-3-12-31(21)24/h4-6,8-11,13-15H,2-3,7,12H2,1H3,(H,29,33)(H,30,32). The molecular weight excluding hydrogens is 451 g/mol. The summed E-state index contributed by atoms with van der Waals surface area (Å²) in [6.45, 7) is 2.80. The van der Waals surface area contributed by atoms with Crippen molar-refractivity contribution in [3.63, 3.8) is 0 Å². The van der Waals surface area contributed by atoms with E-state index in [4.69, 9.17) is 0 Å². The number of anilines is 2. The van der Waals surface area contributed by atoms with E-state index >= 15 is 0 Å². The molecule has 0 saturated carbocycles. The number of carbonyl (C=O) groups is 2. The summed E-state index contributed by atoms with van der Waals surface area (Å²) >= 11 is 1.18. The van der Waals surface area contributed by atoms with Crippen molar-refractivity contribution in [2.24, 2.45) is 0 Å². The summed E-state index contributed by atoms with van der Waals surface area (Å²) in [7, 11) is 0. The fourth-order valence-corrected chi connectivity index (χ4v) is 5.10. The maximum Gasteiger partial charge on any atom is 0.266 e. The van der Waals surface area contributed by atoms with Gasteiger partial charge in [-0.1, -0.05) is 6.07 Å². The Morgan fingerprint density at radius 1 is 1.03 bits per heavy atom. The van der Waals surface area contributed by atoms with E-state index in [1.165, 1.54) is 47.7 Å². The summed E-state index contributed by atoms with van der Waals surface area (Å²) in [5.41, 5.74) is 3.93. The number of benzene rings is 2. The van der Waals surface area contributed by atoms with Crippen molar-refractivity contribution < 1.29 is 14.0 Å². The topological polar surface area (TPSA) is 76.0 Å². The van der Waals surface area contributed by atoms with Crippen LogP contribution in [0.5, 0.6) is 0 Å². The molecular formula is C26H23FN4O2S. The number of aryl methyl sites for hydroxylation is 2. The zero-order valence-electron chi connectivity index (χ0n) is 18.6. The lowest BCUT2D eigenvalue weighted by Crippen LogP contribution is -2.12. The highest BCUT2D eigenvalue weighted by molar-refractivity contribution is 7.18. The van der Waals surface area contributed by atoms with E-state index in [1.807, 2.05) is 37.4 Å². The summed E-state index contributed by atoms with van der Waals surface area (Å²) < 4.78 is 15.7. The molecule has 5 rings (SSSR count). The molecule has 4 aromatic rings. The molecule has 2 aromatic heterocycles. The first-order valence-corrected chi connectivity index (χ1v) is 11.9. The van der Waals surface area contributed by atoms with Crippen molar-refractivity contribution in [3.8, 4) is 11.4 Å². The molecule has 2 aromatic carbocycles. The average molecular weight is 475 g/mol. The van der Waals surface area contributed by atoms with Crippen LogP contribution in [0, 0.1) is 12.7 Å². The number of hydrogen-bond donors (Lipinski definition) is 2. The van der Waals surface area contributed by atoms with E-state index in [0.717, 1.165) is 36.3 Å². The van der Waals surface area contributed by atoms with Gasteiger partial charge in [0, 0.05) is 35.2 Å². The van der Waals surface area contributed by atoms with Gasteiger partial charge in [0.05, 0.1) is 9.88 Å². The number of halogens is 1. The van der Waals surface area contributed by atoms with Crippen molar-refractivity contribution >= 4 is 33.8 Å². The van der Waals surface area contributed by atoms with Crippen LogP contribution in [-0.4, -0.2) is 21.4 Å². The second-order valence-electron chi connectivity index (χ2n) is 8.30. The molecule has 0 spiro atoms. The van der Waals surface area contributed by atoms with Crippen molar-refractivity contribution in [2.45, 2.75) is 32.7 Å². The van der Waals surface area contributed by atoms with Crippen LogP contribution in [-0.2, 0) is 13.0 Å². The second-order valence-corrected chi connectivity index (χ2v) is 9.35. The Hall–Kier alpha value is -3.78. The lowest BCUT2D eigenvalue weighted by molar-refractivity contribution is 0.101. The number of imidazole rings is 1. The summed E-state index contributed by atoms with van der Waals surface area (Å²) in [5.74, 6) is -0.196. The normalized spacial score (nSPS) is 12.8. The van der Waals surface area contributed by atoms with Gasteiger partial charge in [-0.3, -0.25) is 9.59 Å². The highest BCUT2D eigenvalue weighted by Crippen LogP contribution is 2.29. The van der Waals surface area contributed by atoms with E-state index < -0.39 is 11.7 Å². The molecule has 2 N–H and O–H groups in total. The van der Waals surface area contributed by atoms with Gasteiger partial charge in [0.1, 0.15) is 11.6 Å². The third-order valence-electron chi connectivity index (χ3n) is 5.85. The first-order valence-electron chi connectivity index (χ1n) is 11.1. The second kappa shape index (κ2) is 9.23. The maximum absolute atomic E-state index is 13.4. The fourth-order valence-electron chi connectivity index (χ4n) is 4.14. The van der Waals surface area contributed by atoms with E-state index in [0.29, 0.717) is 15.6 Å². The zero-order valence-corrected chi connectivity index (χ0v) is 19.4. The SMILES string of the molecule is Cc1cc(NC(=O)c2cccc(F)c2)sc1C(=O)Nc1ccc(-c2ncc3n2CCCC3)cc1. The number of thiophene rings is 1. The minimum absolute atomic E-state index is 0.218. The van der Waals surface area contributed by atoms with Gasteiger partial charge in [-0.05, 0) is 80.3 Å². The third-order valence-corrected chi connectivity index (χ3v) is 7.00. The van der Waals surface area contributed by atoms with E-state index in [2.05, 4.69) is 20.2 Å². The predicted molar refractivity (Wildman–Crippen MR) is 132 cm³/mol. The van der Waals surface area contributed by atoms with Crippen LogP contribution in [0.4, 0.5) is 15.1 Å². The Balaban J connectivity index is 1.27. The minimum Gasteiger partial charge on any atom is -0.328 e. The molecule has 6 nitrogen and oxygen atoms in total. The van der Waals surface area contributed by atoms with Crippen molar-refractivity contribution in [1.82, 2.24) is 9.55 Å². The molecule has 0 atom stereocenters. The van der Waals surface area contributed by atoms with E-state index in [9.17, 15) is 14.0 Å². The van der Waals surface area contributed by atoms with Gasteiger partial charge in [0.15, 0.2) is 0 Å². The molecule has 8 heteroatoms. The number of nitrogens with zero attached hydrogens (tertiary/aromatic N) is 2. The molecule has 0 unspecified atom stereocenters. The summed E-state index contributed by atoms with van der Waals surface area (Å²) in [6.07, 6.45) is 5.38. The van der Waals surface area contributed by atoms with Crippen LogP contribution in [0.1, 0.15) is 44.1 Å². The first kappa shape index (κ1) is 22.0. The highest BCUT2D eigenvalue weighted by atomic mass is 32.1. The van der Waals surface area contributed by atoms with Gasteiger partial charge in [-0.2, -0.15) is 0 Å². The third kappa shape index (κ3) is 4.49. The molecule has 0 saturated heterocycles. The van der Waals surface area contributed by atoms with Gasteiger partial charge in [-0.15, -0.1) is 11.3 Å². The molecule has 2 amide bonds. The van der Waals surface area contributed by atoms with Crippen LogP contribution in [0.3, 0.4) is 0 Å². The van der Waals surface area contributed by atoms with Crippen molar-refractivity contribution in [1.29, 1.82) is 0 Å². The largest absolute Gasteiger partial charge is 0.328 e. The number of aromatic nitrogens is 2. The molecule has 0 radical (unpaired) electrons. The summed E-state index contributed by atoms with van der Waals surface area (Å²) in [4.78, 5) is 30.4. The van der Waals surface area contributed by atoms with Gasteiger partial charge < -0.3 is 15.2 Å². The Morgan fingerprint density at radius 3 is 2.65 bits per heavy atom. The van der Waals surface area contributed by atoms with Gasteiger partial charge in [-0.25, -0.2) is 9.37 Å². The maximum atomic E-state index is 13.4. The molecule has 1 aliphatic heterocycles. The Bertz CT molecular complexity index is 1370. The van der Waals surface area contributed by atoms with Crippen LogP contribution in [0.25, 0.3) is 11.4 Å². The number of hydrogen-bond acceptors (Lipinski definition) is 4. The van der Waals surface area contributed by atoms with E-state index in [1.54, 1.807) is 6.07 Å². The van der Waals surface area contributed by atoms with E-state index in [-0.39, 0.29) is 11.5 Å². The van der Waals surface area contributed by atoms with Crippen LogP contribution in [0.2, 0.25) is 0 Å². The first-order chi connectivity index (χ1) is 16.5. The highest BCUT2D eigenvalue weighted by Gasteiger charge is 2.18. The molecule has 0 fully saturated rings. The molecule has 0 bridgehead atoms. The van der Waals surface area contributed by atoms with Crippen LogP contribution < -0.4 is 10.6 Å². The Labute approximate surface area is 200 Å². The zero-order chi connectivity index (χ0) is 23.7. The van der Waals surface area contributed by atoms with Crippen LogP contribution in [0.15, 0.2) is 60.8 Å². The molecule has 3 heterocycles. The average Bonchev–Trinajstić information content (AvgIpc) is 3.43. The monoisotopic (exact) mass is 474 g/mol. The van der Waals surface area contributed by atoms with Crippen molar-refractivity contribution in [3.05, 3.63) is 88.3 Å². The summed E-state index contributed by atoms with van der Waals surface area (Å²) in [5, 5.41) is 6.18. The van der Waals surface area contributed by atoms with Gasteiger partial charge in [0.25, 0.3) is 11.8 Å². The molecule has 172 valence electrons. The van der Waals surface area contributed by atoms with Gasteiger partial charge in [0.2, 0.25) is 0 Å². The van der Waals surface area contributed by atoms with Gasteiger partial charge >= 0.3 is 0 Å². The quantitative estimate of drug-likeness (QED) is 0.378. The molecule has 1 aliphatic rings. The number of carbonyl (C=O) groups excluding carboxylic acids is 2. The molecule has 34 heavy (non-hydrogen) atoms. The number of rotatable bonds is 5. The Morgan fingerprint density at radius 2 is 1.85 bits per heavy atom. The lowest BCUT2D eigenvalue weighted by atomic mass is 10.1. The van der Waals surface area contributed by atoms with Crippen molar-refractivity contribution in [2.75, 3.05) is 10.6 Å². The minimum atomic E-state index is -0.478. The molecule has 0 aliphatic carbocycles. The number of amides is 2. The Kier molecular flexibility index (Phi) is 5.98. The lowest BCUT2D eigenvalue weighted by Gasteiger charge is -2.16. The van der Waals surface area contributed by atoms with Crippen LogP contribution >= 0.6 is 11.3 Å². The number of nitrogens with one attached hydrogen (secondary N) is 2. The number of fused-ring (bicyclic) bond motifs is 1.